The number of nitrogens with zero attached hydrogens (tertiary/aromatic N) is 2. The van der Waals surface area contributed by atoms with Crippen LogP contribution in [0.5, 0.6) is 0 Å². The molecule has 1 heterocycles. The van der Waals surface area contributed by atoms with Gasteiger partial charge in [0.1, 0.15) is 0 Å². The molecule has 0 atom stereocenters. The Morgan fingerprint density at radius 3 is 2.32 bits per heavy atom. The van der Waals surface area contributed by atoms with Gasteiger partial charge < -0.3 is 20.5 Å². The Kier molecular flexibility index (Phi) is 6.64. The van der Waals surface area contributed by atoms with Crippen molar-refractivity contribution in [1.29, 1.82) is 0 Å². The fourth-order valence-corrected chi connectivity index (χ4v) is 2.62. The number of carbonyl (C=O) groups excluding carboxylic acids is 2. The van der Waals surface area contributed by atoms with Crippen molar-refractivity contribution >= 4 is 23.5 Å². The highest BCUT2D eigenvalue weighted by Crippen LogP contribution is 2.10. The highest BCUT2D eigenvalue weighted by molar-refractivity contribution is 6.30. The SMILES string of the molecule is O=C(NCCNC(=O)c1ccc(Cl)cc1)NCc1ccc(-n2ccnc2)cc1. The van der Waals surface area contributed by atoms with Crippen molar-refractivity contribution in [1.82, 2.24) is 25.5 Å². The maximum absolute atomic E-state index is 11.9. The van der Waals surface area contributed by atoms with Crippen molar-refractivity contribution in [2.24, 2.45) is 0 Å². The minimum atomic E-state index is -0.292. The average Bonchev–Trinajstić information content (AvgIpc) is 3.25. The normalized spacial score (nSPS) is 10.3. The number of halogens is 1. The Morgan fingerprint density at radius 1 is 0.929 bits per heavy atom. The molecule has 3 rings (SSSR count). The zero-order valence-electron chi connectivity index (χ0n) is 15.1. The Bertz CT molecular complexity index is 909. The summed E-state index contributed by atoms with van der Waals surface area (Å²) in [6, 6.07) is 14.1. The first-order chi connectivity index (χ1) is 13.6. The highest BCUT2D eigenvalue weighted by Gasteiger charge is 2.05. The standard InChI is InChI=1S/C20H20ClN5O2/c21-17-5-3-16(4-6-17)19(27)23-9-10-24-20(28)25-13-15-1-7-18(8-2-15)26-12-11-22-14-26/h1-8,11-12,14H,9-10,13H2,(H,23,27)(H2,24,25,28). The van der Waals surface area contributed by atoms with Crippen LogP contribution in [-0.4, -0.2) is 34.6 Å². The lowest BCUT2D eigenvalue weighted by Gasteiger charge is -2.09. The molecule has 3 amide bonds. The molecule has 0 aliphatic rings. The van der Waals surface area contributed by atoms with E-state index in [0.717, 1.165) is 11.3 Å². The summed E-state index contributed by atoms with van der Waals surface area (Å²) in [4.78, 5) is 27.8. The molecule has 0 saturated heterocycles. The van der Waals surface area contributed by atoms with Gasteiger partial charge in [0.05, 0.1) is 6.33 Å². The van der Waals surface area contributed by atoms with Crippen LogP contribution >= 0.6 is 11.6 Å². The third kappa shape index (κ3) is 5.59. The predicted molar refractivity (Wildman–Crippen MR) is 108 cm³/mol. The van der Waals surface area contributed by atoms with E-state index in [4.69, 9.17) is 11.6 Å². The minimum absolute atomic E-state index is 0.211. The molecule has 7 nitrogen and oxygen atoms in total. The smallest absolute Gasteiger partial charge is 0.315 e. The van der Waals surface area contributed by atoms with Gasteiger partial charge in [-0.2, -0.15) is 0 Å². The lowest BCUT2D eigenvalue weighted by atomic mass is 10.2. The van der Waals surface area contributed by atoms with E-state index in [1.807, 2.05) is 35.0 Å². The molecule has 0 unspecified atom stereocenters. The number of rotatable bonds is 7. The monoisotopic (exact) mass is 397 g/mol. The van der Waals surface area contributed by atoms with Crippen LogP contribution in [0.15, 0.2) is 67.3 Å². The van der Waals surface area contributed by atoms with E-state index >= 15 is 0 Å². The van der Waals surface area contributed by atoms with E-state index in [2.05, 4.69) is 20.9 Å². The van der Waals surface area contributed by atoms with Gasteiger partial charge in [-0.05, 0) is 42.0 Å². The molecule has 0 aliphatic heterocycles. The molecular formula is C20H20ClN5O2. The van der Waals surface area contributed by atoms with Crippen LogP contribution in [-0.2, 0) is 6.54 Å². The minimum Gasteiger partial charge on any atom is -0.350 e. The lowest BCUT2D eigenvalue weighted by molar-refractivity contribution is 0.0954. The molecule has 0 saturated carbocycles. The molecule has 1 aromatic heterocycles. The Labute approximate surface area is 167 Å². The number of carbonyl (C=O) groups is 2. The van der Waals surface area contributed by atoms with Crippen LogP contribution in [0.3, 0.4) is 0 Å². The third-order valence-corrected chi connectivity index (χ3v) is 4.25. The van der Waals surface area contributed by atoms with E-state index in [0.29, 0.717) is 30.2 Å². The topological polar surface area (TPSA) is 88.0 Å². The molecule has 144 valence electrons. The van der Waals surface area contributed by atoms with Gasteiger partial charge in [0, 0.05) is 48.3 Å². The summed E-state index contributed by atoms with van der Waals surface area (Å²) >= 11 is 5.79. The summed E-state index contributed by atoms with van der Waals surface area (Å²) in [5, 5.41) is 8.80. The first-order valence-electron chi connectivity index (χ1n) is 8.74. The van der Waals surface area contributed by atoms with Gasteiger partial charge in [-0.25, -0.2) is 9.78 Å². The van der Waals surface area contributed by atoms with E-state index in [9.17, 15) is 9.59 Å². The van der Waals surface area contributed by atoms with Crippen molar-refractivity contribution in [3.8, 4) is 5.69 Å². The second kappa shape index (κ2) is 9.57. The maximum Gasteiger partial charge on any atom is 0.315 e. The number of amides is 3. The molecule has 8 heteroatoms. The fourth-order valence-electron chi connectivity index (χ4n) is 2.50. The highest BCUT2D eigenvalue weighted by atomic mass is 35.5. The van der Waals surface area contributed by atoms with Gasteiger partial charge in [0.25, 0.3) is 5.91 Å². The Hall–Kier alpha value is -3.32. The van der Waals surface area contributed by atoms with Gasteiger partial charge >= 0.3 is 6.03 Å². The van der Waals surface area contributed by atoms with Gasteiger partial charge in [0.2, 0.25) is 0 Å². The van der Waals surface area contributed by atoms with Crippen LogP contribution in [0.25, 0.3) is 5.69 Å². The fraction of sp³-hybridized carbons (Fsp3) is 0.150. The number of hydrogen-bond acceptors (Lipinski definition) is 3. The molecule has 0 aliphatic carbocycles. The van der Waals surface area contributed by atoms with E-state index in [1.54, 1.807) is 36.8 Å². The summed E-state index contributed by atoms with van der Waals surface area (Å²) in [6.07, 6.45) is 5.32. The third-order valence-electron chi connectivity index (χ3n) is 3.99. The van der Waals surface area contributed by atoms with Crippen molar-refractivity contribution in [3.05, 3.63) is 83.4 Å². The summed E-state index contributed by atoms with van der Waals surface area (Å²) in [5.41, 5.74) is 2.50. The quantitative estimate of drug-likeness (QED) is 0.535. The van der Waals surface area contributed by atoms with E-state index in [1.165, 1.54) is 0 Å². The van der Waals surface area contributed by atoms with Crippen molar-refractivity contribution in [2.75, 3.05) is 13.1 Å². The molecule has 0 bridgehead atoms. The van der Waals surface area contributed by atoms with Crippen LogP contribution in [0.2, 0.25) is 5.02 Å². The Balaban J connectivity index is 1.34. The molecule has 3 N–H and O–H groups in total. The first kappa shape index (κ1) is 19.4. The van der Waals surface area contributed by atoms with Crippen LogP contribution in [0.1, 0.15) is 15.9 Å². The summed E-state index contributed by atoms with van der Waals surface area (Å²) in [7, 11) is 0. The van der Waals surface area contributed by atoms with Gasteiger partial charge in [-0.15, -0.1) is 0 Å². The number of hydrogen-bond donors (Lipinski definition) is 3. The molecule has 28 heavy (non-hydrogen) atoms. The number of imidazole rings is 1. The largest absolute Gasteiger partial charge is 0.350 e. The number of benzene rings is 2. The first-order valence-corrected chi connectivity index (χ1v) is 9.12. The number of urea groups is 1. The van der Waals surface area contributed by atoms with Crippen LogP contribution < -0.4 is 16.0 Å². The summed E-state index contributed by atoms with van der Waals surface area (Å²) in [5.74, 6) is -0.211. The van der Waals surface area contributed by atoms with Crippen LogP contribution in [0, 0.1) is 0 Å². The molecule has 0 spiro atoms. The summed E-state index contributed by atoms with van der Waals surface area (Å²) in [6.45, 7) is 1.06. The molecule has 3 aromatic rings. The molecule has 2 aromatic carbocycles. The second-order valence-corrected chi connectivity index (χ2v) is 6.45. The van der Waals surface area contributed by atoms with Crippen molar-refractivity contribution < 1.29 is 9.59 Å². The predicted octanol–water partition coefficient (Wildman–Crippen LogP) is 2.75. The van der Waals surface area contributed by atoms with Gasteiger partial charge in [-0.3, -0.25) is 4.79 Å². The van der Waals surface area contributed by atoms with Crippen molar-refractivity contribution in [3.63, 3.8) is 0 Å². The van der Waals surface area contributed by atoms with E-state index in [-0.39, 0.29) is 11.9 Å². The maximum atomic E-state index is 11.9. The number of aromatic nitrogens is 2. The Morgan fingerprint density at radius 2 is 1.64 bits per heavy atom. The van der Waals surface area contributed by atoms with Crippen molar-refractivity contribution in [2.45, 2.75) is 6.54 Å². The number of nitrogens with one attached hydrogen (secondary N) is 3. The molecular weight excluding hydrogens is 378 g/mol. The zero-order chi connectivity index (χ0) is 19.8. The molecule has 0 fully saturated rings. The summed E-state index contributed by atoms with van der Waals surface area (Å²) < 4.78 is 1.91. The zero-order valence-corrected chi connectivity index (χ0v) is 15.8. The van der Waals surface area contributed by atoms with Gasteiger partial charge in [0.15, 0.2) is 0 Å². The average molecular weight is 398 g/mol. The molecule has 0 radical (unpaired) electrons. The van der Waals surface area contributed by atoms with Gasteiger partial charge in [-0.1, -0.05) is 23.7 Å². The van der Waals surface area contributed by atoms with E-state index < -0.39 is 0 Å². The van der Waals surface area contributed by atoms with Crippen LogP contribution in [0.4, 0.5) is 4.79 Å². The lowest BCUT2D eigenvalue weighted by Crippen LogP contribution is -2.40. The second-order valence-electron chi connectivity index (χ2n) is 6.01.